The van der Waals surface area contributed by atoms with Crippen LogP contribution in [-0.2, 0) is 22.4 Å². The molecule has 2 atom stereocenters. The molecule has 4 aromatic rings. The minimum Gasteiger partial charge on any atom is -0.444 e. The lowest BCUT2D eigenvalue weighted by Gasteiger charge is -2.43. The van der Waals surface area contributed by atoms with Gasteiger partial charge in [-0.15, -0.1) is 0 Å². The fraction of sp³-hybridized carbons (Fsp3) is 0.525. The number of piperazine rings is 1. The van der Waals surface area contributed by atoms with Gasteiger partial charge in [-0.3, -0.25) is 4.57 Å². The molecule has 3 aliphatic rings. The monoisotopic (exact) mass is 706 g/mol. The van der Waals surface area contributed by atoms with E-state index < -0.39 is 17.7 Å². The van der Waals surface area contributed by atoms with Gasteiger partial charge in [0.05, 0.1) is 53.9 Å². The van der Waals surface area contributed by atoms with Crippen LogP contribution in [0.15, 0.2) is 47.4 Å². The average Bonchev–Trinajstić information content (AvgIpc) is 3.55. The van der Waals surface area contributed by atoms with Gasteiger partial charge in [0, 0.05) is 43.7 Å². The average molecular weight is 707 g/mol. The topological polar surface area (TPSA) is 122 Å². The van der Waals surface area contributed by atoms with Gasteiger partial charge in [-0.05, 0) is 82.6 Å². The predicted octanol–water partition coefficient (Wildman–Crippen LogP) is 6.62. The molecule has 2 saturated heterocycles. The van der Waals surface area contributed by atoms with Gasteiger partial charge in [0.25, 0.3) is 0 Å². The summed E-state index contributed by atoms with van der Waals surface area (Å²) in [6, 6.07) is 14.2. The molecule has 2 fully saturated rings. The van der Waals surface area contributed by atoms with Crippen LogP contribution in [0.2, 0.25) is 0 Å². The molecule has 12 nitrogen and oxygen atoms in total. The smallest absolute Gasteiger partial charge is 0.410 e. The Labute approximate surface area is 305 Å². The number of ether oxygens (including phenoxy) is 2. The largest absolute Gasteiger partial charge is 0.444 e. The van der Waals surface area contributed by atoms with Crippen LogP contribution in [-0.4, -0.2) is 74.8 Å². The van der Waals surface area contributed by atoms with Crippen molar-refractivity contribution in [2.75, 3.05) is 42.6 Å². The van der Waals surface area contributed by atoms with E-state index in [1.807, 2.05) is 54.4 Å². The summed E-state index contributed by atoms with van der Waals surface area (Å²) in [5.41, 5.74) is 6.14. The van der Waals surface area contributed by atoms with Gasteiger partial charge in [0.15, 0.2) is 6.23 Å². The first-order valence-corrected chi connectivity index (χ1v) is 18.6. The minimum atomic E-state index is -0.653. The van der Waals surface area contributed by atoms with Gasteiger partial charge in [0.2, 0.25) is 0 Å². The first-order valence-electron chi connectivity index (χ1n) is 18.6. The molecule has 0 saturated carbocycles. The molecule has 2 aromatic carbocycles. The van der Waals surface area contributed by atoms with Crippen LogP contribution in [0.4, 0.5) is 16.3 Å². The van der Waals surface area contributed by atoms with E-state index in [1.54, 1.807) is 4.90 Å². The van der Waals surface area contributed by atoms with Crippen LogP contribution in [0.1, 0.15) is 94.8 Å². The lowest BCUT2D eigenvalue weighted by molar-refractivity contribution is -0.0366. The number of anilines is 2. The molecule has 1 amide bonds. The highest BCUT2D eigenvalue weighted by atomic mass is 16.6. The van der Waals surface area contributed by atoms with E-state index in [0.717, 1.165) is 77.1 Å². The van der Waals surface area contributed by atoms with Crippen molar-refractivity contribution in [1.29, 1.82) is 5.26 Å². The van der Waals surface area contributed by atoms with Gasteiger partial charge in [0.1, 0.15) is 11.4 Å². The van der Waals surface area contributed by atoms with Crippen molar-refractivity contribution < 1.29 is 14.3 Å². The number of benzene rings is 2. The lowest BCUT2D eigenvalue weighted by atomic mass is 9.98. The van der Waals surface area contributed by atoms with Gasteiger partial charge >= 0.3 is 11.8 Å². The van der Waals surface area contributed by atoms with E-state index in [0.29, 0.717) is 38.4 Å². The molecular formula is C40H50N8O4. The highest BCUT2D eigenvalue weighted by Crippen LogP contribution is 2.38. The van der Waals surface area contributed by atoms with Crippen molar-refractivity contribution in [3.05, 3.63) is 75.5 Å². The summed E-state index contributed by atoms with van der Waals surface area (Å²) in [5.74, 6) is 0.830. The van der Waals surface area contributed by atoms with Crippen molar-refractivity contribution in [3.8, 4) is 11.8 Å². The normalized spacial score (nSPS) is 19.5. The Balaban J connectivity index is 1.31. The quantitative estimate of drug-likeness (QED) is 0.218. The Kier molecular flexibility index (Phi) is 9.74. The first kappa shape index (κ1) is 35.5. The van der Waals surface area contributed by atoms with Gasteiger partial charge in [-0.25, -0.2) is 14.3 Å². The Morgan fingerprint density at radius 3 is 2.63 bits per heavy atom. The minimum absolute atomic E-state index is 0.0733. The second-order valence-electron chi connectivity index (χ2n) is 15.6. The molecule has 7 rings (SSSR count). The third kappa shape index (κ3) is 6.74. The molecule has 0 bridgehead atoms. The number of carbonyl (C=O) groups excluding carboxylic acids is 1. The summed E-state index contributed by atoms with van der Waals surface area (Å²) >= 11 is 0. The molecule has 5 heterocycles. The molecule has 0 spiro atoms. The van der Waals surface area contributed by atoms with Crippen LogP contribution in [0.3, 0.4) is 0 Å². The van der Waals surface area contributed by atoms with Gasteiger partial charge < -0.3 is 24.2 Å². The molecule has 1 unspecified atom stereocenters. The number of aromatic nitrogens is 4. The summed E-state index contributed by atoms with van der Waals surface area (Å²) in [4.78, 5) is 38.5. The fourth-order valence-electron chi connectivity index (χ4n) is 8.07. The highest BCUT2D eigenvalue weighted by molar-refractivity contribution is 5.94. The number of hydrogen-bond donors (Lipinski definition) is 0. The van der Waals surface area contributed by atoms with E-state index in [4.69, 9.17) is 19.6 Å². The Morgan fingerprint density at radius 1 is 1.10 bits per heavy atom. The fourth-order valence-corrected chi connectivity index (χ4v) is 8.07. The Hall–Kier alpha value is -4.89. The van der Waals surface area contributed by atoms with Gasteiger partial charge in [-0.2, -0.15) is 15.3 Å². The van der Waals surface area contributed by atoms with E-state index >= 15 is 0 Å². The molecule has 3 aliphatic heterocycles. The third-order valence-corrected chi connectivity index (χ3v) is 10.5. The SMILES string of the molecule is Cc1ccc2c(cnn2C2CCCCO2)c1N1CCc2c(N3CCN(C(=O)OC(C)(C)C)[C@@H](CC#N)C3)nc(=O)n(-c3ccccc3C(C)C)c2C1. The van der Waals surface area contributed by atoms with Crippen molar-refractivity contribution in [2.24, 2.45) is 0 Å². The number of amides is 1. The maximum atomic E-state index is 14.4. The van der Waals surface area contributed by atoms with Crippen molar-refractivity contribution in [3.63, 3.8) is 0 Å². The summed E-state index contributed by atoms with van der Waals surface area (Å²) in [7, 11) is 0. The van der Waals surface area contributed by atoms with E-state index in [9.17, 15) is 14.9 Å². The second kappa shape index (κ2) is 14.3. The number of para-hydroxylation sites is 1. The first-order chi connectivity index (χ1) is 24.9. The molecule has 0 N–H and O–H groups in total. The van der Waals surface area contributed by atoms with E-state index in [-0.39, 0.29) is 24.3 Å². The molecule has 274 valence electrons. The van der Waals surface area contributed by atoms with Gasteiger partial charge in [-0.1, -0.05) is 38.1 Å². The number of hydrogen-bond acceptors (Lipinski definition) is 9. The zero-order valence-corrected chi connectivity index (χ0v) is 31.3. The van der Waals surface area contributed by atoms with Crippen LogP contribution in [0.5, 0.6) is 0 Å². The molecule has 2 aromatic heterocycles. The predicted molar refractivity (Wildman–Crippen MR) is 201 cm³/mol. The molecule has 52 heavy (non-hydrogen) atoms. The van der Waals surface area contributed by atoms with Crippen molar-refractivity contribution in [1.82, 2.24) is 24.2 Å². The standard InChI is InChI=1S/C40H50N8O4/c1-26(2)29-11-7-8-12-32(29)47-34-25-44(36-27(3)14-15-33-31(36)23-42-48(33)35-13-9-10-22-51-35)19-17-30(34)37(43-38(47)49)45-20-21-46(28(24-45)16-18-41)39(50)52-40(4,5)6/h7-8,11-12,14-15,23,26,28,35H,9-10,13,16-17,19-22,24-25H2,1-6H3/t28-,35?/m0/s1. The molecular weight excluding hydrogens is 656 g/mol. The van der Waals surface area contributed by atoms with E-state index in [2.05, 4.69) is 54.8 Å². The van der Waals surface area contributed by atoms with Crippen LogP contribution in [0.25, 0.3) is 16.6 Å². The number of nitrogens with zero attached hydrogens (tertiary/aromatic N) is 8. The Bertz CT molecular complexity index is 2070. The number of rotatable bonds is 6. The van der Waals surface area contributed by atoms with Crippen LogP contribution >= 0.6 is 0 Å². The zero-order valence-electron chi connectivity index (χ0n) is 31.3. The van der Waals surface area contributed by atoms with E-state index in [1.165, 1.54) is 0 Å². The summed E-state index contributed by atoms with van der Waals surface area (Å²) in [6.07, 6.45) is 5.40. The maximum absolute atomic E-state index is 14.4. The summed E-state index contributed by atoms with van der Waals surface area (Å²) < 4.78 is 15.7. The number of nitriles is 1. The van der Waals surface area contributed by atoms with Crippen LogP contribution < -0.4 is 15.5 Å². The summed E-state index contributed by atoms with van der Waals surface area (Å²) in [6.45, 7) is 15.1. The number of fused-ring (bicyclic) bond motifs is 2. The summed E-state index contributed by atoms with van der Waals surface area (Å²) in [5, 5.41) is 15.7. The van der Waals surface area contributed by atoms with Crippen LogP contribution in [0, 0.1) is 18.3 Å². The number of aryl methyl sites for hydroxylation is 1. The Morgan fingerprint density at radius 2 is 1.90 bits per heavy atom. The lowest BCUT2D eigenvalue weighted by Crippen LogP contribution is -2.57. The van der Waals surface area contributed by atoms with Crippen molar-refractivity contribution >= 4 is 28.5 Å². The third-order valence-electron chi connectivity index (χ3n) is 10.5. The number of carbonyl (C=O) groups is 1. The molecule has 12 heteroatoms. The van der Waals surface area contributed by atoms with Crippen molar-refractivity contribution in [2.45, 2.75) is 104 Å². The molecule has 0 radical (unpaired) electrons. The zero-order chi connectivity index (χ0) is 36.7. The highest BCUT2D eigenvalue weighted by Gasteiger charge is 2.37. The molecule has 0 aliphatic carbocycles. The maximum Gasteiger partial charge on any atom is 0.410 e. The second-order valence-corrected chi connectivity index (χ2v) is 15.6.